The molecule has 0 unspecified atom stereocenters. The number of aliphatic carboxylic acids is 1. The third kappa shape index (κ3) is 5.93. The molecule has 0 spiro atoms. The molecular weight excluding hydrogens is 186 g/mol. The Morgan fingerprint density at radius 3 is 2.31 bits per heavy atom. The lowest BCUT2D eigenvalue weighted by molar-refractivity contribution is -0.139. The van der Waals surface area contributed by atoms with Gasteiger partial charge in [0.15, 0.2) is 0 Å². The van der Waals surface area contributed by atoms with Crippen LogP contribution in [0.2, 0.25) is 0 Å². The van der Waals surface area contributed by atoms with Crippen LogP contribution in [0.25, 0.3) is 0 Å². The van der Waals surface area contributed by atoms with Crippen LogP contribution in [0.5, 0.6) is 0 Å². The number of hydrogen-bond donors (Lipinski definition) is 1. The summed E-state index contributed by atoms with van der Waals surface area (Å²) < 4.78 is 0. The maximum atomic E-state index is 10.6. The Bertz CT molecular complexity index is 165. The third-order valence-corrected chi connectivity index (χ3v) is 2.43. The molecule has 0 aromatic rings. The molecule has 4 heteroatoms. The number of hydrogen-bond acceptors (Lipinski definition) is 3. The highest BCUT2D eigenvalue weighted by Gasteiger charge is 2.22. The Balaban J connectivity index is 4.11. The molecule has 0 aromatic carbocycles. The van der Waals surface area contributed by atoms with Gasteiger partial charge in [-0.1, -0.05) is 0 Å². The van der Waals surface area contributed by atoms with Crippen LogP contribution in [-0.2, 0) is 4.79 Å². The topological polar surface area (TPSA) is 40.5 Å². The first-order valence-corrected chi connectivity index (χ1v) is 5.73. The summed E-state index contributed by atoms with van der Waals surface area (Å²) in [5.74, 6) is 0.223. The molecule has 0 saturated carbocycles. The van der Waals surface area contributed by atoms with Gasteiger partial charge in [-0.05, 0) is 27.0 Å². The Hall–Kier alpha value is -0.220. The zero-order chi connectivity index (χ0) is 10.5. The highest BCUT2D eigenvalue weighted by molar-refractivity contribution is 7.98. The van der Waals surface area contributed by atoms with Crippen LogP contribution >= 0.6 is 11.8 Å². The molecule has 0 aliphatic heterocycles. The summed E-state index contributed by atoms with van der Waals surface area (Å²) in [4.78, 5) is 12.5. The van der Waals surface area contributed by atoms with E-state index in [9.17, 15) is 4.79 Å². The summed E-state index contributed by atoms with van der Waals surface area (Å²) in [6.45, 7) is 7.07. The fraction of sp³-hybridized carbons (Fsp3) is 0.889. The molecule has 0 rings (SSSR count). The maximum Gasteiger partial charge on any atom is 0.317 e. The zero-order valence-electron chi connectivity index (χ0n) is 8.83. The minimum atomic E-state index is -0.754. The Kier molecular flexibility index (Phi) is 5.40. The molecule has 0 radical (unpaired) electrons. The average molecular weight is 205 g/mol. The first-order chi connectivity index (χ1) is 5.88. The summed E-state index contributed by atoms with van der Waals surface area (Å²) in [6, 6.07) is 0. The van der Waals surface area contributed by atoms with Gasteiger partial charge in [0.25, 0.3) is 0 Å². The van der Waals surface area contributed by atoms with Gasteiger partial charge in [0.05, 0.1) is 6.54 Å². The fourth-order valence-electron chi connectivity index (χ4n) is 1.02. The van der Waals surface area contributed by atoms with Crippen molar-refractivity contribution in [1.29, 1.82) is 0 Å². The van der Waals surface area contributed by atoms with Crippen molar-refractivity contribution < 1.29 is 9.90 Å². The SMILES string of the molecule is CSCCN(CC(=O)O)C(C)(C)C. The molecule has 0 bridgehead atoms. The Morgan fingerprint density at radius 1 is 1.46 bits per heavy atom. The predicted octanol–water partition coefficient (Wildman–Crippen LogP) is 1.53. The van der Waals surface area contributed by atoms with Crippen molar-refractivity contribution in [2.75, 3.05) is 25.1 Å². The number of thioether (sulfide) groups is 1. The summed E-state index contributed by atoms with van der Waals surface area (Å²) in [5, 5.41) is 8.70. The van der Waals surface area contributed by atoms with E-state index < -0.39 is 5.97 Å². The van der Waals surface area contributed by atoms with Gasteiger partial charge in [0.2, 0.25) is 0 Å². The van der Waals surface area contributed by atoms with E-state index in [1.165, 1.54) is 0 Å². The highest BCUT2D eigenvalue weighted by Crippen LogP contribution is 2.13. The van der Waals surface area contributed by atoms with Crippen LogP contribution in [-0.4, -0.2) is 46.6 Å². The summed E-state index contributed by atoms with van der Waals surface area (Å²) >= 11 is 1.74. The van der Waals surface area contributed by atoms with E-state index in [1.54, 1.807) is 11.8 Å². The van der Waals surface area contributed by atoms with Crippen LogP contribution in [0.15, 0.2) is 0 Å². The molecule has 0 heterocycles. The van der Waals surface area contributed by atoms with Crippen LogP contribution in [0.4, 0.5) is 0 Å². The maximum absolute atomic E-state index is 10.6. The second kappa shape index (κ2) is 5.50. The standard InChI is InChI=1S/C9H19NO2S/c1-9(2,3)10(5-6-13-4)7-8(11)12/h5-7H2,1-4H3,(H,11,12). The van der Waals surface area contributed by atoms with E-state index >= 15 is 0 Å². The number of nitrogens with zero attached hydrogens (tertiary/aromatic N) is 1. The van der Waals surface area contributed by atoms with E-state index in [0.29, 0.717) is 0 Å². The van der Waals surface area contributed by atoms with E-state index in [2.05, 4.69) is 0 Å². The van der Waals surface area contributed by atoms with Crippen LogP contribution < -0.4 is 0 Å². The number of carbonyl (C=O) groups is 1. The molecule has 0 aromatic heterocycles. The van der Waals surface area contributed by atoms with Gasteiger partial charge in [-0.15, -0.1) is 0 Å². The molecule has 0 aliphatic carbocycles. The largest absolute Gasteiger partial charge is 0.480 e. The second-order valence-corrected chi connectivity index (χ2v) is 4.96. The van der Waals surface area contributed by atoms with Gasteiger partial charge < -0.3 is 5.11 Å². The molecule has 0 atom stereocenters. The summed E-state index contributed by atoms with van der Waals surface area (Å²) in [7, 11) is 0. The molecule has 0 fully saturated rings. The second-order valence-electron chi connectivity index (χ2n) is 3.98. The average Bonchev–Trinajstić information content (AvgIpc) is 1.95. The molecule has 13 heavy (non-hydrogen) atoms. The summed E-state index contributed by atoms with van der Waals surface area (Å²) in [5.41, 5.74) is -0.0614. The minimum absolute atomic E-state index is 0.0614. The number of carboxylic acids is 1. The van der Waals surface area contributed by atoms with E-state index in [-0.39, 0.29) is 12.1 Å². The zero-order valence-corrected chi connectivity index (χ0v) is 9.65. The first-order valence-electron chi connectivity index (χ1n) is 4.33. The number of rotatable bonds is 5. The molecule has 3 nitrogen and oxygen atoms in total. The van der Waals surface area contributed by atoms with Crippen LogP contribution in [0, 0.1) is 0 Å². The van der Waals surface area contributed by atoms with Crippen molar-refractivity contribution in [3.8, 4) is 0 Å². The molecule has 78 valence electrons. The van der Waals surface area contributed by atoms with Crippen molar-refractivity contribution in [1.82, 2.24) is 4.90 Å². The van der Waals surface area contributed by atoms with Gasteiger partial charge >= 0.3 is 5.97 Å². The monoisotopic (exact) mass is 205 g/mol. The lowest BCUT2D eigenvalue weighted by Crippen LogP contribution is -2.45. The minimum Gasteiger partial charge on any atom is -0.480 e. The van der Waals surface area contributed by atoms with Gasteiger partial charge in [-0.25, -0.2) is 0 Å². The lowest BCUT2D eigenvalue weighted by Gasteiger charge is -2.34. The van der Waals surface area contributed by atoms with Gasteiger partial charge in [0.1, 0.15) is 0 Å². The Morgan fingerprint density at radius 2 is 2.00 bits per heavy atom. The lowest BCUT2D eigenvalue weighted by atomic mass is 10.1. The van der Waals surface area contributed by atoms with Crippen LogP contribution in [0.3, 0.4) is 0 Å². The van der Waals surface area contributed by atoms with Crippen molar-refractivity contribution in [2.45, 2.75) is 26.3 Å². The van der Waals surface area contributed by atoms with Crippen LogP contribution in [0.1, 0.15) is 20.8 Å². The van der Waals surface area contributed by atoms with Crippen molar-refractivity contribution >= 4 is 17.7 Å². The van der Waals surface area contributed by atoms with Crippen molar-refractivity contribution in [3.63, 3.8) is 0 Å². The van der Waals surface area contributed by atoms with E-state index in [1.807, 2.05) is 31.9 Å². The van der Waals surface area contributed by atoms with Gasteiger partial charge in [-0.2, -0.15) is 11.8 Å². The van der Waals surface area contributed by atoms with Crippen molar-refractivity contribution in [3.05, 3.63) is 0 Å². The van der Waals surface area contributed by atoms with E-state index in [4.69, 9.17) is 5.11 Å². The normalized spacial score (nSPS) is 12.1. The molecular formula is C9H19NO2S. The summed E-state index contributed by atoms with van der Waals surface area (Å²) in [6.07, 6.45) is 2.03. The predicted molar refractivity (Wildman–Crippen MR) is 57.3 cm³/mol. The first kappa shape index (κ1) is 12.8. The van der Waals surface area contributed by atoms with Gasteiger partial charge in [0, 0.05) is 17.8 Å². The molecule has 1 N–H and O–H groups in total. The molecule has 0 saturated heterocycles. The third-order valence-electron chi connectivity index (χ3n) is 1.84. The fourth-order valence-corrected chi connectivity index (χ4v) is 1.42. The van der Waals surface area contributed by atoms with Crippen molar-refractivity contribution in [2.24, 2.45) is 0 Å². The van der Waals surface area contributed by atoms with Gasteiger partial charge in [-0.3, -0.25) is 9.69 Å². The smallest absolute Gasteiger partial charge is 0.317 e. The molecule has 0 aliphatic rings. The molecule has 0 amide bonds. The highest BCUT2D eigenvalue weighted by atomic mass is 32.2. The Labute approximate surface area is 84.5 Å². The number of carboxylic acid groups (broad SMARTS) is 1. The van der Waals surface area contributed by atoms with E-state index in [0.717, 1.165) is 12.3 Å². The quantitative estimate of drug-likeness (QED) is 0.739.